The Morgan fingerprint density at radius 2 is 1.92 bits per heavy atom. The van der Waals surface area contributed by atoms with Gasteiger partial charge in [0, 0.05) is 26.4 Å². The summed E-state index contributed by atoms with van der Waals surface area (Å²) in [5.74, 6) is 1.74. The van der Waals surface area contributed by atoms with Crippen molar-refractivity contribution in [2.45, 2.75) is 64.9 Å². The van der Waals surface area contributed by atoms with Crippen molar-refractivity contribution < 1.29 is 14.7 Å². The number of aliphatic hydroxyl groups is 1. The molecule has 0 unspecified atom stereocenters. The molecule has 0 aromatic carbocycles. The maximum absolute atomic E-state index is 12.8. The van der Waals surface area contributed by atoms with Crippen molar-refractivity contribution >= 4 is 11.7 Å². The molecule has 144 valence electrons. The van der Waals surface area contributed by atoms with Crippen LogP contribution in [0.3, 0.4) is 0 Å². The van der Waals surface area contributed by atoms with Crippen LogP contribution in [0.2, 0.25) is 0 Å². The minimum absolute atomic E-state index is 0.0378. The standard InChI is InChI=1S/C22H33NO3/c1-21-10-9-14(24)11-13(21)5-6-15-16-7-8-17(20(26)23(3)4)22(16,2)12-18(25)19(15)21/h11,15-19,25H,5-10,12H2,1-4H3/t15-,16-,17+,18-,19+,21-,22-/m0/s1. The quantitative estimate of drug-likeness (QED) is 0.782. The number of fused-ring (bicyclic) bond motifs is 5. The van der Waals surface area contributed by atoms with Gasteiger partial charge in [-0.05, 0) is 73.2 Å². The molecule has 4 nitrogen and oxygen atoms in total. The number of allylic oxidation sites excluding steroid dienone is 1. The summed E-state index contributed by atoms with van der Waals surface area (Å²) in [4.78, 5) is 26.5. The van der Waals surface area contributed by atoms with Gasteiger partial charge in [-0.15, -0.1) is 0 Å². The largest absolute Gasteiger partial charge is 0.393 e. The van der Waals surface area contributed by atoms with Gasteiger partial charge in [-0.25, -0.2) is 0 Å². The highest BCUT2D eigenvalue weighted by Gasteiger charge is 2.63. The third-order valence-electron chi connectivity index (χ3n) is 8.63. The van der Waals surface area contributed by atoms with Crippen LogP contribution < -0.4 is 0 Å². The van der Waals surface area contributed by atoms with E-state index in [-0.39, 0.29) is 40.5 Å². The van der Waals surface area contributed by atoms with Crippen LogP contribution in [-0.4, -0.2) is 41.9 Å². The smallest absolute Gasteiger partial charge is 0.225 e. The first-order valence-corrected chi connectivity index (χ1v) is 10.3. The number of amides is 1. The molecule has 3 fully saturated rings. The van der Waals surface area contributed by atoms with Crippen molar-refractivity contribution in [3.63, 3.8) is 0 Å². The fraction of sp³-hybridized carbons (Fsp3) is 0.818. The van der Waals surface area contributed by atoms with Crippen molar-refractivity contribution in [3.05, 3.63) is 11.6 Å². The Bertz CT molecular complexity index is 668. The van der Waals surface area contributed by atoms with E-state index in [2.05, 4.69) is 13.8 Å². The van der Waals surface area contributed by atoms with Gasteiger partial charge in [-0.1, -0.05) is 19.4 Å². The summed E-state index contributed by atoms with van der Waals surface area (Å²) in [6.45, 7) is 4.54. The highest BCUT2D eigenvalue weighted by molar-refractivity contribution is 5.91. The maximum atomic E-state index is 12.8. The van der Waals surface area contributed by atoms with Crippen molar-refractivity contribution in [2.24, 2.45) is 34.5 Å². The van der Waals surface area contributed by atoms with E-state index >= 15 is 0 Å². The molecule has 1 amide bonds. The molecule has 0 radical (unpaired) electrons. The second-order valence-corrected chi connectivity index (χ2v) is 10.0. The first kappa shape index (κ1) is 18.2. The van der Waals surface area contributed by atoms with Gasteiger partial charge >= 0.3 is 0 Å². The van der Waals surface area contributed by atoms with E-state index in [4.69, 9.17) is 0 Å². The van der Waals surface area contributed by atoms with Crippen LogP contribution in [0, 0.1) is 34.5 Å². The van der Waals surface area contributed by atoms with Gasteiger partial charge in [0.1, 0.15) is 0 Å². The molecule has 0 aromatic heterocycles. The lowest BCUT2D eigenvalue weighted by molar-refractivity contribution is -0.151. The molecular weight excluding hydrogens is 326 g/mol. The molecule has 4 heteroatoms. The second-order valence-electron chi connectivity index (χ2n) is 10.0. The van der Waals surface area contributed by atoms with Gasteiger partial charge in [-0.2, -0.15) is 0 Å². The average molecular weight is 360 g/mol. The molecule has 0 spiro atoms. The Labute approximate surface area is 157 Å². The molecule has 4 aliphatic rings. The normalized spacial score (nSPS) is 47.5. The zero-order chi connectivity index (χ0) is 18.9. The fourth-order valence-corrected chi connectivity index (χ4v) is 7.40. The Morgan fingerprint density at radius 1 is 1.19 bits per heavy atom. The third kappa shape index (κ3) is 2.37. The average Bonchev–Trinajstić information content (AvgIpc) is 2.90. The van der Waals surface area contributed by atoms with Crippen molar-refractivity contribution in [3.8, 4) is 0 Å². The topological polar surface area (TPSA) is 57.6 Å². The van der Waals surface area contributed by atoms with Crippen LogP contribution in [0.4, 0.5) is 0 Å². The van der Waals surface area contributed by atoms with Crippen LogP contribution >= 0.6 is 0 Å². The summed E-state index contributed by atoms with van der Waals surface area (Å²) < 4.78 is 0. The maximum Gasteiger partial charge on any atom is 0.225 e. The summed E-state index contributed by atoms with van der Waals surface area (Å²) in [5.41, 5.74) is 1.14. The van der Waals surface area contributed by atoms with E-state index in [1.807, 2.05) is 20.2 Å². The van der Waals surface area contributed by atoms with Gasteiger partial charge in [-0.3, -0.25) is 9.59 Å². The van der Waals surface area contributed by atoms with Gasteiger partial charge in [0.2, 0.25) is 5.91 Å². The Kier molecular flexibility index (Phi) is 4.15. The molecule has 7 atom stereocenters. The predicted octanol–water partition coefficient (Wildman–Crippen LogP) is 3.19. The number of hydrogen-bond acceptors (Lipinski definition) is 3. The Balaban J connectivity index is 1.69. The van der Waals surface area contributed by atoms with E-state index in [0.29, 0.717) is 18.3 Å². The van der Waals surface area contributed by atoms with Gasteiger partial charge in [0.15, 0.2) is 5.78 Å². The molecule has 0 saturated heterocycles. The van der Waals surface area contributed by atoms with Crippen molar-refractivity contribution in [2.75, 3.05) is 14.1 Å². The second kappa shape index (κ2) is 5.92. The minimum atomic E-state index is -0.376. The number of rotatable bonds is 1. The summed E-state index contributed by atoms with van der Waals surface area (Å²) in [7, 11) is 3.69. The zero-order valence-corrected chi connectivity index (χ0v) is 16.6. The van der Waals surface area contributed by atoms with E-state index in [1.54, 1.807) is 4.90 Å². The third-order valence-corrected chi connectivity index (χ3v) is 8.63. The Morgan fingerprint density at radius 3 is 2.62 bits per heavy atom. The molecule has 0 bridgehead atoms. The Hall–Kier alpha value is -1.16. The lowest BCUT2D eigenvalue weighted by Gasteiger charge is -2.59. The van der Waals surface area contributed by atoms with E-state index in [1.165, 1.54) is 5.57 Å². The number of carbonyl (C=O) groups is 2. The number of nitrogens with zero attached hydrogens (tertiary/aromatic N) is 1. The summed E-state index contributed by atoms with van der Waals surface area (Å²) in [6.07, 6.45) is 7.80. The van der Waals surface area contributed by atoms with Crippen LogP contribution in [0.1, 0.15) is 58.8 Å². The number of ketones is 1. The number of aliphatic hydroxyl groups excluding tert-OH is 1. The van der Waals surface area contributed by atoms with Crippen molar-refractivity contribution in [1.29, 1.82) is 0 Å². The van der Waals surface area contributed by atoms with Crippen LogP contribution in [-0.2, 0) is 9.59 Å². The van der Waals surface area contributed by atoms with E-state index in [9.17, 15) is 14.7 Å². The minimum Gasteiger partial charge on any atom is -0.393 e. The first-order chi connectivity index (χ1) is 12.2. The monoisotopic (exact) mass is 359 g/mol. The zero-order valence-electron chi connectivity index (χ0n) is 16.6. The van der Waals surface area contributed by atoms with Crippen LogP contribution in [0.25, 0.3) is 0 Å². The SMILES string of the molecule is CN(C)C(=O)[C@H]1CC[C@H]2[C@@H]3CCC4=CC(=O)CC[C@]4(C)[C@H]3[C@@H](O)C[C@]12C. The predicted molar refractivity (Wildman–Crippen MR) is 100 cm³/mol. The van der Waals surface area contributed by atoms with Gasteiger partial charge < -0.3 is 10.0 Å². The van der Waals surface area contributed by atoms with Gasteiger partial charge in [0.05, 0.1) is 6.10 Å². The lowest BCUT2D eigenvalue weighted by atomic mass is 9.46. The molecule has 4 rings (SSSR count). The van der Waals surface area contributed by atoms with E-state index in [0.717, 1.165) is 38.5 Å². The lowest BCUT2D eigenvalue weighted by Crippen LogP contribution is -2.57. The summed E-state index contributed by atoms with van der Waals surface area (Å²) in [6, 6.07) is 0. The summed E-state index contributed by atoms with van der Waals surface area (Å²) in [5, 5.41) is 11.3. The molecule has 0 heterocycles. The molecule has 4 aliphatic carbocycles. The number of carbonyl (C=O) groups excluding carboxylic acids is 2. The van der Waals surface area contributed by atoms with Crippen LogP contribution in [0.5, 0.6) is 0 Å². The summed E-state index contributed by atoms with van der Waals surface area (Å²) >= 11 is 0. The molecule has 1 N–H and O–H groups in total. The molecule has 3 saturated carbocycles. The molecule has 26 heavy (non-hydrogen) atoms. The number of hydrogen-bond donors (Lipinski definition) is 1. The highest BCUT2D eigenvalue weighted by Crippen LogP contribution is 2.66. The molecule has 0 aliphatic heterocycles. The molecule has 0 aromatic rings. The fourth-order valence-electron chi connectivity index (χ4n) is 7.40. The van der Waals surface area contributed by atoms with E-state index < -0.39 is 0 Å². The van der Waals surface area contributed by atoms with Crippen LogP contribution in [0.15, 0.2) is 11.6 Å². The highest BCUT2D eigenvalue weighted by atomic mass is 16.3. The van der Waals surface area contributed by atoms with Crippen molar-refractivity contribution in [1.82, 2.24) is 4.90 Å². The van der Waals surface area contributed by atoms with Gasteiger partial charge in [0.25, 0.3) is 0 Å². The first-order valence-electron chi connectivity index (χ1n) is 10.3. The molecular formula is C22H33NO3.